The summed E-state index contributed by atoms with van der Waals surface area (Å²) >= 11 is 1.86. The van der Waals surface area contributed by atoms with Crippen molar-refractivity contribution in [2.24, 2.45) is 11.3 Å². The largest absolute Gasteiger partial charge is 0.316 e. The molecule has 1 N–H and O–H groups in total. The van der Waals surface area contributed by atoms with Crippen LogP contribution in [0.4, 0.5) is 0 Å². The van der Waals surface area contributed by atoms with Crippen molar-refractivity contribution in [3.05, 3.63) is 22.4 Å². The Hall–Kier alpha value is -0.340. The van der Waals surface area contributed by atoms with Gasteiger partial charge in [0.05, 0.1) is 0 Å². The quantitative estimate of drug-likeness (QED) is 0.808. The zero-order valence-corrected chi connectivity index (χ0v) is 11.2. The summed E-state index contributed by atoms with van der Waals surface area (Å²) in [6.45, 7) is 11.3. The summed E-state index contributed by atoms with van der Waals surface area (Å²) < 4.78 is 0. The van der Waals surface area contributed by atoms with Crippen LogP contribution in [-0.2, 0) is 6.42 Å². The number of nitrogens with one attached hydrogen (secondary N) is 1. The van der Waals surface area contributed by atoms with E-state index in [2.05, 4.69) is 50.5 Å². The van der Waals surface area contributed by atoms with Crippen molar-refractivity contribution in [2.45, 2.75) is 34.1 Å². The lowest BCUT2D eigenvalue weighted by Crippen LogP contribution is -2.30. The Balaban J connectivity index is 2.17. The molecule has 0 aliphatic carbocycles. The molecule has 0 amide bonds. The Labute approximate surface area is 97.9 Å². The smallest absolute Gasteiger partial charge is 0.00483 e. The van der Waals surface area contributed by atoms with Gasteiger partial charge in [-0.2, -0.15) is 0 Å². The van der Waals surface area contributed by atoms with E-state index in [1.54, 1.807) is 0 Å². The molecule has 1 heterocycles. The van der Waals surface area contributed by atoms with Crippen LogP contribution >= 0.6 is 11.3 Å². The van der Waals surface area contributed by atoms with E-state index in [4.69, 9.17) is 0 Å². The monoisotopic (exact) mass is 225 g/mol. The molecule has 0 saturated heterocycles. The molecule has 1 rings (SSSR count). The maximum Gasteiger partial charge on any atom is 0.00483 e. The standard InChI is InChI=1S/C13H23NS/c1-11(8-12-6-5-7-15-12)9-14-10-13(2,3)4/h5-7,11,14H,8-10H2,1-4H3. The fourth-order valence-electron chi connectivity index (χ4n) is 1.54. The van der Waals surface area contributed by atoms with Crippen molar-refractivity contribution in [1.82, 2.24) is 5.32 Å². The van der Waals surface area contributed by atoms with Crippen molar-refractivity contribution < 1.29 is 0 Å². The zero-order chi connectivity index (χ0) is 11.3. The van der Waals surface area contributed by atoms with Gasteiger partial charge in [0.25, 0.3) is 0 Å². The van der Waals surface area contributed by atoms with Gasteiger partial charge in [0.1, 0.15) is 0 Å². The third kappa shape index (κ3) is 5.95. The van der Waals surface area contributed by atoms with Gasteiger partial charge in [0, 0.05) is 4.88 Å². The van der Waals surface area contributed by atoms with Crippen LogP contribution in [0, 0.1) is 11.3 Å². The summed E-state index contributed by atoms with van der Waals surface area (Å²) in [5.74, 6) is 0.728. The first-order chi connectivity index (χ1) is 6.97. The van der Waals surface area contributed by atoms with Gasteiger partial charge in [0.15, 0.2) is 0 Å². The number of hydrogen-bond acceptors (Lipinski definition) is 2. The maximum atomic E-state index is 3.54. The van der Waals surface area contributed by atoms with Crippen molar-refractivity contribution in [3.8, 4) is 0 Å². The Kier molecular flexibility index (Phi) is 4.81. The van der Waals surface area contributed by atoms with Crippen LogP contribution in [0.2, 0.25) is 0 Å². The van der Waals surface area contributed by atoms with E-state index in [0.29, 0.717) is 5.41 Å². The average Bonchev–Trinajstić information content (AvgIpc) is 2.54. The van der Waals surface area contributed by atoms with Gasteiger partial charge in [-0.05, 0) is 42.3 Å². The first kappa shape index (κ1) is 12.7. The molecule has 2 heteroatoms. The third-order valence-corrected chi connectivity index (χ3v) is 3.18. The van der Waals surface area contributed by atoms with E-state index in [-0.39, 0.29) is 0 Å². The van der Waals surface area contributed by atoms with Gasteiger partial charge in [-0.25, -0.2) is 0 Å². The minimum atomic E-state index is 0.392. The molecule has 15 heavy (non-hydrogen) atoms. The van der Waals surface area contributed by atoms with Crippen LogP contribution < -0.4 is 5.32 Å². The number of hydrogen-bond donors (Lipinski definition) is 1. The highest BCUT2D eigenvalue weighted by molar-refractivity contribution is 7.09. The van der Waals surface area contributed by atoms with E-state index in [1.165, 1.54) is 11.3 Å². The number of thiophene rings is 1. The zero-order valence-electron chi connectivity index (χ0n) is 10.3. The fraction of sp³-hybridized carbons (Fsp3) is 0.692. The Morgan fingerprint density at radius 1 is 1.40 bits per heavy atom. The molecule has 1 unspecified atom stereocenters. The molecule has 0 spiro atoms. The average molecular weight is 225 g/mol. The highest BCUT2D eigenvalue weighted by Crippen LogP contribution is 2.14. The van der Waals surface area contributed by atoms with Gasteiger partial charge >= 0.3 is 0 Å². The molecule has 0 saturated carbocycles. The first-order valence-corrected chi connectivity index (χ1v) is 6.58. The van der Waals surface area contributed by atoms with Gasteiger partial charge < -0.3 is 5.32 Å². The molecule has 0 aliphatic rings. The lowest BCUT2D eigenvalue weighted by molar-refractivity contribution is 0.363. The lowest BCUT2D eigenvalue weighted by atomic mass is 9.96. The summed E-state index contributed by atoms with van der Waals surface area (Å²) in [5, 5.41) is 5.70. The van der Waals surface area contributed by atoms with Crippen LogP contribution in [0.15, 0.2) is 17.5 Å². The summed E-state index contributed by atoms with van der Waals surface area (Å²) in [4.78, 5) is 1.50. The predicted octanol–water partition coefficient (Wildman–Crippen LogP) is 3.56. The second-order valence-corrected chi connectivity index (χ2v) is 6.61. The van der Waals surface area contributed by atoms with Gasteiger partial charge in [-0.3, -0.25) is 0 Å². The molecule has 1 aromatic heterocycles. The lowest BCUT2D eigenvalue weighted by Gasteiger charge is -2.20. The van der Waals surface area contributed by atoms with Crippen LogP contribution in [0.3, 0.4) is 0 Å². The summed E-state index contributed by atoms with van der Waals surface area (Å²) in [5.41, 5.74) is 0.392. The van der Waals surface area contributed by atoms with Crippen LogP contribution in [-0.4, -0.2) is 13.1 Å². The van der Waals surface area contributed by atoms with Gasteiger partial charge in [0.2, 0.25) is 0 Å². The highest BCUT2D eigenvalue weighted by atomic mass is 32.1. The van der Waals surface area contributed by atoms with E-state index in [0.717, 1.165) is 19.0 Å². The highest BCUT2D eigenvalue weighted by Gasteiger charge is 2.10. The minimum absolute atomic E-state index is 0.392. The van der Waals surface area contributed by atoms with Crippen molar-refractivity contribution in [2.75, 3.05) is 13.1 Å². The molecule has 1 nitrogen and oxygen atoms in total. The minimum Gasteiger partial charge on any atom is -0.316 e. The van der Waals surface area contributed by atoms with Crippen molar-refractivity contribution in [1.29, 1.82) is 0 Å². The Morgan fingerprint density at radius 2 is 2.13 bits per heavy atom. The summed E-state index contributed by atoms with van der Waals surface area (Å²) in [7, 11) is 0. The molecule has 1 atom stereocenters. The van der Waals surface area contributed by atoms with E-state index >= 15 is 0 Å². The first-order valence-electron chi connectivity index (χ1n) is 5.70. The van der Waals surface area contributed by atoms with Gasteiger partial charge in [-0.15, -0.1) is 11.3 Å². The molecule has 86 valence electrons. The normalized spacial score (nSPS) is 14.1. The Morgan fingerprint density at radius 3 is 2.67 bits per heavy atom. The second-order valence-electron chi connectivity index (χ2n) is 5.58. The maximum absolute atomic E-state index is 3.54. The summed E-state index contributed by atoms with van der Waals surface area (Å²) in [6.07, 6.45) is 1.20. The molecule has 0 fully saturated rings. The van der Waals surface area contributed by atoms with Crippen molar-refractivity contribution in [3.63, 3.8) is 0 Å². The SMILES string of the molecule is CC(CNCC(C)(C)C)Cc1cccs1. The topological polar surface area (TPSA) is 12.0 Å². The van der Waals surface area contributed by atoms with Crippen LogP contribution in [0.25, 0.3) is 0 Å². The molecular formula is C13H23NS. The summed E-state index contributed by atoms with van der Waals surface area (Å²) in [6, 6.07) is 4.36. The molecule has 0 bridgehead atoms. The van der Waals surface area contributed by atoms with Gasteiger partial charge in [-0.1, -0.05) is 33.8 Å². The van der Waals surface area contributed by atoms with E-state index in [1.807, 2.05) is 11.3 Å². The van der Waals surface area contributed by atoms with Crippen LogP contribution in [0.5, 0.6) is 0 Å². The molecule has 0 aromatic carbocycles. The third-order valence-electron chi connectivity index (χ3n) is 2.28. The molecule has 0 aliphatic heterocycles. The fourth-order valence-corrected chi connectivity index (χ4v) is 2.41. The molecule has 0 radical (unpaired) electrons. The molecule has 1 aromatic rings. The number of rotatable bonds is 5. The predicted molar refractivity (Wildman–Crippen MR) is 69.5 cm³/mol. The van der Waals surface area contributed by atoms with E-state index < -0.39 is 0 Å². The second kappa shape index (κ2) is 5.66. The van der Waals surface area contributed by atoms with Crippen LogP contribution in [0.1, 0.15) is 32.6 Å². The van der Waals surface area contributed by atoms with Crippen molar-refractivity contribution >= 4 is 11.3 Å². The van der Waals surface area contributed by atoms with E-state index in [9.17, 15) is 0 Å². The molecular weight excluding hydrogens is 202 g/mol. The Bertz CT molecular complexity index is 259.